The van der Waals surface area contributed by atoms with Crippen molar-refractivity contribution in [3.8, 4) is 0 Å². The van der Waals surface area contributed by atoms with E-state index >= 15 is 0 Å². The quantitative estimate of drug-likeness (QED) is 0.791. The fourth-order valence-electron chi connectivity index (χ4n) is 2.23. The van der Waals surface area contributed by atoms with Gasteiger partial charge in [-0.2, -0.15) is 0 Å². The maximum Gasteiger partial charge on any atom is 0.320 e. The molecule has 19 heavy (non-hydrogen) atoms. The Bertz CT molecular complexity index is 431. The zero-order valence-corrected chi connectivity index (χ0v) is 11.9. The van der Waals surface area contributed by atoms with Crippen LogP contribution in [-0.4, -0.2) is 50.2 Å². The average molecular weight is 283 g/mol. The largest absolute Gasteiger partial charge is 0.465 e. The summed E-state index contributed by atoms with van der Waals surface area (Å²) in [5.74, 6) is -0.140. The molecule has 4 nitrogen and oxygen atoms in total. The van der Waals surface area contributed by atoms with Crippen molar-refractivity contribution in [2.45, 2.75) is 6.92 Å². The van der Waals surface area contributed by atoms with Gasteiger partial charge in [0.25, 0.3) is 0 Å². The first-order valence-corrected chi connectivity index (χ1v) is 6.95. The van der Waals surface area contributed by atoms with Crippen molar-refractivity contribution in [3.05, 3.63) is 29.3 Å². The summed E-state index contributed by atoms with van der Waals surface area (Å²) in [6.45, 7) is 6.20. The van der Waals surface area contributed by atoms with Crippen LogP contribution in [0.15, 0.2) is 24.3 Å². The molecule has 1 aromatic rings. The Morgan fingerprint density at radius 2 is 2.05 bits per heavy atom. The van der Waals surface area contributed by atoms with Gasteiger partial charge >= 0.3 is 5.97 Å². The highest BCUT2D eigenvalue weighted by molar-refractivity contribution is 6.30. The number of carbonyl (C=O) groups is 1. The molecule has 0 spiro atoms. The minimum Gasteiger partial charge on any atom is -0.465 e. The lowest BCUT2D eigenvalue weighted by Crippen LogP contribution is -2.48. The summed E-state index contributed by atoms with van der Waals surface area (Å²) in [5, 5.41) is 0.756. The number of nitrogens with zero attached hydrogens (tertiary/aromatic N) is 2. The highest BCUT2D eigenvalue weighted by Gasteiger charge is 2.19. The Labute approximate surface area is 118 Å². The highest BCUT2D eigenvalue weighted by atomic mass is 35.5. The molecule has 0 amide bonds. The van der Waals surface area contributed by atoms with Crippen LogP contribution in [0.3, 0.4) is 0 Å². The Morgan fingerprint density at radius 1 is 1.32 bits per heavy atom. The van der Waals surface area contributed by atoms with E-state index < -0.39 is 0 Å². The number of hydrogen-bond acceptors (Lipinski definition) is 4. The first-order valence-electron chi connectivity index (χ1n) is 6.57. The third-order valence-corrected chi connectivity index (χ3v) is 3.44. The summed E-state index contributed by atoms with van der Waals surface area (Å²) in [5.41, 5.74) is 1.14. The number of anilines is 1. The van der Waals surface area contributed by atoms with Crippen LogP contribution in [0.5, 0.6) is 0 Å². The normalized spacial score (nSPS) is 16.4. The number of esters is 1. The van der Waals surface area contributed by atoms with Crippen molar-refractivity contribution < 1.29 is 9.53 Å². The zero-order chi connectivity index (χ0) is 13.7. The summed E-state index contributed by atoms with van der Waals surface area (Å²) < 4.78 is 4.96. The zero-order valence-electron chi connectivity index (χ0n) is 11.1. The van der Waals surface area contributed by atoms with E-state index in [0.29, 0.717) is 13.2 Å². The molecule has 1 aromatic carbocycles. The Hall–Kier alpha value is -1.26. The maximum absolute atomic E-state index is 11.4. The molecule has 5 heteroatoms. The molecule has 0 N–H and O–H groups in total. The van der Waals surface area contributed by atoms with E-state index in [4.69, 9.17) is 16.3 Å². The van der Waals surface area contributed by atoms with Crippen LogP contribution in [0, 0.1) is 0 Å². The molecule has 2 rings (SSSR count). The predicted octanol–water partition coefficient (Wildman–Crippen LogP) is 2.03. The van der Waals surface area contributed by atoms with Gasteiger partial charge in [0.05, 0.1) is 13.2 Å². The molecule has 0 radical (unpaired) electrons. The molecule has 1 saturated heterocycles. The molecule has 1 aliphatic rings. The summed E-state index contributed by atoms with van der Waals surface area (Å²) in [7, 11) is 0. The molecule has 1 heterocycles. The number of benzene rings is 1. The molecule has 0 atom stereocenters. The van der Waals surface area contributed by atoms with Crippen LogP contribution in [0.25, 0.3) is 0 Å². The number of ether oxygens (including phenoxy) is 1. The first-order chi connectivity index (χ1) is 9.19. The monoisotopic (exact) mass is 282 g/mol. The SMILES string of the molecule is CCOC(=O)CN1CCN(c2cccc(Cl)c2)CC1. The standard InChI is InChI=1S/C14H19ClN2O2/c1-2-19-14(18)11-16-6-8-17(9-7-16)13-5-3-4-12(15)10-13/h3-5,10H,2,6-9,11H2,1H3. The Balaban J connectivity index is 1.84. The van der Waals surface area contributed by atoms with Crippen LogP contribution in [0.1, 0.15) is 6.92 Å². The van der Waals surface area contributed by atoms with Crippen LogP contribution in [0.4, 0.5) is 5.69 Å². The molecule has 0 aliphatic carbocycles. The minimum atomic E-state index is -0.140. The molecule has 104 valence electrons. The van der Waals surface area contributed by atoms with Crippen LogP contribution in [-0.2, 0) is 9.53 Å². The van der Waals surface area contributed by atoms with E-state index in [1.54, 1.807) is 0 Å². The van der Waals surface area contributed by atoms with Crippen molar-refractivity contribution in [2.24, 2.45) is 0 Å². The maximum atomic E-state index is 11.4. The number of rotatable bonds is 4. The van der Waals surface area contributed by atoms with E-state index in [-0.39, 0.29) is 5.97 Å². The van der Waals surface area contributed by atoms with Crippen LogP contribution in [0.2, 0.25) is 5.02 Å². The van der Waals surface area contributed by atoms with Gasteiger partial charge in [-0.3, -0.25) is 9.69 Å². The van der Waals surface area contributed by atoms with Crippen molar-refractivity contribution >= 4 is 23.3 Å². The molecule has 0 unspecified atom stereocenters. The summed E-state index contributed by atoms with van der Waals surface area (Å²) in [6.07, 6.45) is 0. The van der Waals surface area contributed by atoms with Gasteiger partial charge in [0.1, 0.15) is 0 Å². The highest BCUT2D eigenvalue weighted by Crippen LogP contribution is 2.20. The molecular weight excluding hydrogens is 264 g/mol. The smallest absolute Gasteiger partial charge is 0.320 e. The van der Waals surface area contributed by atoms with Gasteiger partial charge in [-0.25, -0.2) is 0 Å². The van der Waals surface area contributed by atoms with Crippen molar-refractivity contribution in [1.29, 1.82) is 0 Å². The lowest BCUT2D eigenvalue weighted by molar-refractivity contribution is -0.144. The van der Waals surface area contributed by atoms with Gasteiger partial charge in [-0.15, -0.1) is 0 Å². The van der Waals surface area contributed by atoms with E-state index in [9.17, 15) is 4.79 Å². The van der Waals surface area contributed by atoms with E-state index in [2.05, 4.69) is 15.9 Å². The van der Waals surface area contributed by atoms with Gasteiger partial charge in [0.2, 0.25) is 0 Å². The molecule has 0 saturated carbocycles. The molecule has 0 bridgehead atoms. The van der Waals surface area contributed by atoms with Crippen molar-refractivity contribution in [1.82, 2.24) is 4.90 Å². The van der Waals surface area contributed by atoms with Crippen molar-refractivity contribution in [3.63, 3.8) is 0 Å². The third kappa shape index (κ3) is 4.11. The van der Waals surface area contributed by atoms with E-state index in [0.717, 1.165) is 36.9 Å². The second-order valence-electron chi connectivity index (χ2n) is 4.55. The fourth-order valence-corrected chi connectivity index (χ4v) is 2.41. The molecule has 1 aliphatic heterocycles. The summed E-state index contributed by atoms with van der Waals surface area (Å²) in [6, 6.07) is 7.88. The predicted molar refractivity (Wildman–Crippen MR) is 76.7 cm³/mol. The van der Waals surface area contributed by atoms with E-state index in [1.807, 2.05) is 25.1 Å². The second kappa shape index (κ2) is 6.78. The Morgan fingerprint density at radius 3 is 2.68 bits per heavy atom. The van der Waals surface area contributed by atoms with Crippen LogP contribution >= 0.6 is 11.6 Å². The average Bonchev–Trinajstić information content (AvgIpc) is 2.40. The second-order valence-corrected chi connectivity index (χ2v) is 4.98. The summed E-state index contributed by atoms with van der Waals surface area (Å²) in [4.78, 5) is 15.8. The van der Waals surface area contributed by atoms with E-state index in [1.165, 1.54) is 0 Å². The lowest BCUT2D eigenvalue weighted by atomic mass is 10.2. The van der Waals surface area contributed by atoms with Gasteiger partial charge < -0.3 is 9.64 Å². The molecule has 0 aromatic heterocycles. The van der Waals surface area contributed by atoms with Crippen molar-refractivity contribution in [2.75, 3.05) is 44.2 Å². The lowest BCUT2D eigenvalue weighted by Gasteiger charge is -2.35. The minimum absolute atomic E-state index is 0.140. The number of piperazine rings is 1. The fraction of sp³-hybridized carbons (Fsp3) is 0.500. The third-order valence-electron chi connectivity index (χ3n) is 3.20. The van der Waals surface area contributed by atoms with Crippen LogP contribution < -0.4 is 4.90 Å². The number of carbonyl (C=O) groups excluding carboxylic acids is 1. The van der Waals surface area contributed by atoms with Gasteiger partial charge in [0, 0.05) is 36.9 Å². The molecular formula is C14H19ClN2O2. The summed E-state index contributed by atoms with van der Waals surface area (Å²) >= 11 is 6.00. The van der Waals surface area contributed by atoms with Gasteiger partial charge in [-0.1, -0.05) is 17.7 Å². The molecule has 1 fully saturated rings. The number of halogens is 1. The Kier molecular flexibility index (Phi) is 5.05. The number of hydrogen-bond donors (Lipinski definition) is 0. The van der Waals surface area contributed by atoms with Gasteiger partial charge in [0.15, 0.2) is 0 Å². The first kappa shape index (κ1) is 14.2. The van der Waals surface area contributed by atoms with Gasteiger partial charge in [-0.05, 0) is 25.1 Å². The topological polar surface area (TPSA) is 32.8 Å².